The van der Waals surface area contributed by atoms with Crippen LogP contribution in [0.2, 0.25) is 0 Å². The molecule has 0 fully saturated rings. The molecule has 0 saturated carbocycles. The van der Waals surface area contributed by atoms with E-state index >= 15 is 0 Å². The lowest BCUT2D eigenvalue weighted by molar-refractivity contribution is 0.436. The molecule has 47 heavy (non-hydrogen) atoms. The maximum absolute atomic E-state index is 12.8. The molecule has 0 amide bonds. The SMILES string of the molecule is Cc1cccc(-n2c(C)cc(CBr)cc2=O)c1.[C-]#[N+]c1ccc(Oc2cncn2Cc2cc(=O)n(-c3cccc(C)c3)cc2C)cc1. The third-order valence-corrected chi connectivity index (χ3v) is 8.19. The molecule has 6 rings (SSSR count). The molecular weight excluding hydrogens is 654 g/mol. The van der Waals surface area contributed by atoms with Crippen molar-refractivity contribution in [3.8, 4) is 23.0 Å². The van der Waals surface area contributed by atoms with Crippen molar-refractivity contribution >= 4 is 21.6 Å². The standard InChI is InChI=1S/C24H20N4O2.C14H14BrNO/c1-17-5-4-6-21(11-17)28-14-18(2)19(12-23(28)29)15-27-16-26-13-24(27)30-22-9-7-20(25-3)8-10-22;1-10-4-3-5-13(6-10)16-11(2)7-12(9-15)8-14(16)17/h4-14,16H,15H2,1-2H3;3-8H,9H2,1-2H3. The summed E-state index contributed by atoms with van der Waals surface area (Å²) in [4.78, 5) is 32.4. The van der Waals surface area contributed by atoms with E-state index in [1.807, 2.05) is 93.1 Å². The maximum atomic E-state index is 12.8. The molecule has 3 aromatic heterocycles. The quantitative estimate of drug-likeness (QED) is 0.125. The number of pyridine rings is 2. The highest BCUT2D eigenvalue weighted by Crippen LogP contribution is 2.25. The van der Waals surface area contributed by atoms with E-state index in [1.54, 1.807) is 58.1 Å². The zero-order valence-electron chi connectivity index (χ0n) is 26.6. The summed E-state index contributed by atoms with van der Waals surface area (Å²) in [6.45, 7) is 15.5. The summed E-state index contributed by atoms with van der Waals surface area (Å²) in [5.41, 5.74) is 8.38. The van der Waals surface area contributed by atoms with Crippen LogP contribution in [0.4, 0.5) is 5.69 Å². The van der Waals surface area contributed by atoms with E-state index in [0.717, 1.165) is 44.9 Å². The first kappa shape index (κ1) is 32.9. The molecule has 0 unspecified atom stereocenters. The van der Waals surface area contributed by atoms with Gasteiger partial charge >= 0.3 is 0 Å². The molecule has 0 atom stereocenters. The van der Waals surface area contributed by atoms with Crippen LogP contribution in [0, 0.1) is 34.3 Å². The Morgan fingerprint density at radius 1 is 0.830 bits per heavy atom. The van der Waals surface area contributed by atoms with Crippen LogP contribution in [0.25, 0.3) is 16.2 Å². The second-order valence-electron chi connectivity index (χ2n) is 11.2. The first-order chi connectivity index (χ1) is 22.6. The summed E-state index contributed by atoms with van der Waals surface area (Å²) < 4.78 is 11.2. The van der Waals surface area contributed by atoms with E-state index in [4.69, 9.17) is 11.3 Å². The number of aromatic nitrogens is 4. The molecule has 0 aliphatic heterocycles. The predicted octanol–water partition coefficient (Wildman–Crippen LogP) is 8.39. The lowest BCUT2D eigenvalue weighted by Gasteiger charge is -2.13. The van der Waals surface area contributed by atoms with Gasteiger partial charge in [0, 0.05) is 40.7 Å². The van der Waals surface area contributed by atoms with Gasteiger partial charge in [0.05, 0.1) is 25.6 Å². The van der Waals surface area contributed by atoms with E-state index < -0.39 is 0 Å². The zero-order valence-corrected chi connectivity index (χ0v) is 28.2. The smallest absolute Gasteiger partial charge is 0.255 e. The Morgan fingerprint density at radius 2 is 1.51 bits per heavy atom. The normalized spacial score (nSPS) is 10.6. The van der Waals surface area contributed by atoms with Gasteiger partial charge < -0.3 is 4.74 Å². The van der Waals surface area contributed by atoms with Crippen molar-refractivity contribution in [2.75, 3.05) is 0 Å². The van der Waals surface area contributed by atoms with Crippen molar-refractivity contribution < 1.29 is 4.74 Å². The van der Waals surface area contributed by atoms with Crippen LogP contribution < -0.4 is 15.9 Å². The van der Waals surface area contributed by atoms with E-state index in [-0.39, 0.29) is 11.1 Å². The van der Waals surface area contributed by atoms with Crippen LogP contribution in [-0.2, 0) is 11.9 Å². The lowest BCUT2D eigenvalue weighted by Crippen LogP contribution is -2.20. The number of imidazole rings is 1. The van der Waals surface area contributed by atoms with Gasteiger partial charge in [-0.05, 0) is 98.0 Å². The van der Waals surface area contributed by atoms with E-state index in [1.165, 1.54) is 0 Å². The number of benzene rings is 3. The molecule has 0 spiro atoms. The number of nitrogens with zero attached hydrogens (tertiary/aromatic N) is 5. The van der Waals surface area contributed by atoms with Gasteiger partial charge in [-0.15, -0.1) is 0 Å². The van der Waals surface area contributed by atoms with Crippen LogP contribution in [0.1, 0.15) is 33.5 Å². The summed E-state index contributed by atoms with van der Waals surface area (Å²) in [6, 6.07) is 28.1. The van der Waals surface area contributed by atoms with E-state index in [0.29, 0.717) is 29.2 Å². The van der Waals surface area contributed by atoms with Gasteiger partial charge in [0.1, 0.15) is 5.75 Å². The molecule has 0 saturated heterocycles. The first-order valence-corrected chi connectivity index (χ1v) is 16.1. The Hall–Kier alpha value is -5.46. The third kappa shape index (κ3) is 8.04. The van der Waals surface area contributed by atoms with Gasteiger partial charge in [-0.2, -0.15) is 0 Å². The highest BCUT2D eigenvalue weighted by atomic mass is 79.9. The number of halogens is 1. The number of aryl methyl sites for hydroxylation is 4. The largest absolute Gasteiger partial charge is 0.439 e. The molecule has 0 bridgehead atoms. The summed E-state index contributed by atoms with van der Waals surface area (Å²) in [5.74, 6) is 1.18. The van der Waals surface area contributed by atoms with Crippen LogP contribution in [0.15, 0.2) is 119 Å². The minimum Gasteiger partial charge on any atom is -0.439 e. The molecule has 9 heteroatoms. The van der Waals surface area contributed by atoms with Crippen LogP contribution in [-0.4, -0.2) is 18.7 Å². The van der Waals surface area contributed by atoms with E-state index in [2.05, 4.69) is 25.8 Å². The fourth-order valence-corrected chi connectivity index (χ4v) is 5.50. The molecule has 6 aromatic rings. The molecule has 0 aliphatic carbocycles. The number of hydrogen-bond donors (Lipinski definition) is 0. The van der Waals surface area contributed by atoms with Crippen molar-refractivity contribution in [2.45, 2.75) is 39.6 Å². The van der Waals surface area contributed by atoms with Crippen LogP contribution >= 0.6 is 15.9 Å². The van der Waals surface area contributed by atoms with Gasteiger partial charge in [0.2, 0.25) is 5.88 Å². The maximum Gasteiger partial charge on any atom is 0.255 e. The number of rotatable bonds is 7. The van der Waals surface area contributed by atoms with E-state index in [9.17, 15) is 9.59 Å². The second kappa shape index (κ2) is 14.8. The third-order valence-electron chi connectivity index (χ3n) is 7.54. The Labute approximate surface area is 282 Å². The number of ether oxygens (including phenoxy) is 1. The average Bonchev–Trinajstić information content (AvgIpc) is 3.49. The Balaban J connectivity index is 0.000000216. The van der Waals surface area contributed by atoms with Crippen molar-refractivity contribution in [3.05, 3.63) is 175 Å². The van der Waals surface area contributed by atoms with Crippen molar-refractivity contribution in [1.29, 1.82) is 0 Å². The molecular formula is C38H34BrN5O3. The molecule has 3 aromatic carbocycles. The molecule has 8 nitrogen and oxygen atoms in total. The summed E-state index contributed by atoms with van der Waals surface area (Å²) in [6.07, 6.45) is 5.17. The molecule has 0 aliphatic rings. The summed E-state index contributed by atoms with van der Waals surface area (Å²) >= 11 is 3.37. The van der Waals surface area contributed by atoms with Gasteiger partial charge in [0.15, 0.2) is 5.69 Å². The lowest BCUT2D eigenvalue weighted by atomic mass is 10.1. The average molecular weight is 689 g/mol. The molecule has 0 radical (unpaired) electrons. The molecule has 236 valence electrons. The van der Waals surface area contributed by atoms with Crippen molar-refractivity contribution in [2.24, 2.45) is 0 Å². The number of alkyl halides is 1. The van der Waals surface area contributed by atoms with Crippen LogP contribution in [0.3, 0.4) is 0 Å². The predicted molar refractivity (Wildman–Crippen MR) is 190 cm³/mol. The molecule has 3 heterocycles. The number of hydrogen-bond acceptors (Lipinski definition) is 4. The Kier molecular flexibility index (Phi) is 10.3. The van der Waals surface area contributed by atoms with Gasteiger partial charge in [-0.1, -0.05) is 52.3 Å². The Morgan fingerprint density at radius 3 is 2.15 bits per heavy atom. The topological polar surface area (TPSA) is 75.4 Å². The highest BCUT2D eigenvalue weighted by Gasteiger charge is 2.11. The van der Waals surface area contributed by atoms with Crippen LogP contribution in [0.5, 0.6) is 11.6 Å². The summed E-state index contributed by atoms with van der Waals surface area (Å²) in [5, 5.41) is 0.706. The zero-order chi connectivity index (χ0) is 33.5. The highest BCUT2D eigenvalue weighted by molar-refractivity contribution is 9.08. The van der Waals surface area contributed by atoms with Crippen molar-refractivity contribution in [3.63, 3.8) is 0 Å². The van der Waals surface area contributed by atoms with Crippen molar-refractivity contribution in [1.82, 2.24) is 18.7 Å². The van der Waals surface area contributed by atoms with Gasteiger partial charge in [0.25, 0.3) is 11.1 Å². The first-order valence-electron chi connectivity index (χ1n) is 15.0. The minimum absolute atomic E-state index is 0.0186. The summed E-state index contributed by atoms with van der Waals surface area (Å²) in [7, 11) is 0. The van der Waals surface area contributed by atoms with Gasteiger partial charge in [-0.3, -0.25) is 23.3 Å². The molecule has 0 N–H and O–H groups in total. The minimum atomic E-state index is -0.0847. The van der Waals surface area contributed by atoms with Gasteiger partial charge in [-0.25, -0.2) is 9.83 Å². The second-order valence-corrected chi connectivity index (χ2v) is 11.8. The monoisotopic (exact) mass is 687 g/mol. The Bertz CT molecular complexity index is 2190. The fraction of sp³-hybridized carbons (Fsp3) is 0.158. The fourth-order valence-electron chi connectivity index (χ4n) is 5.17.